The molecular formula is C30H22N2O5. The maximum atomic E-state index is 13.8. The molecule has 1 aromatic heterocycles. The summed E-state index contributed by atoms with van der Waals surface area (Å²) in [7, 11) is 0. The van der Waals surface area contributed by atoms with Crippen molar-refractivity contribution in [1.82, 2.24) is 4.90 Å². The lowest BCUT2D eigenvalue weighted by Gasteiger charge is -2.31. The molecule has 0 spiro atoms. The lowest BCUT2D eigenvalue weighted by Crippen LogP contribution is -2.27. The summed E-state index contributed by atoms with van der Waals surface area (Å²) in [4.78, 5) is 40.2. The second kappa shape index (κ2) is 10.3. The van der Waals surface area contributed by atoms with Gasteiger partial charge in [-0.05, 0) is 17.7 Å². The first-order chi connectivity index (χ1) is 18.0. The van der Waals surface area contributed by atoms with Gasteiger partial charge < -0.3 is 9.32 Å². The second-order valence-corrected chi connectivity index (χ2v) is 8.59. The first-order valence-electron chi connectivity index (χ1n) is 11.7. The van der Waals surface area contributed by atoms with Crippen LogP contribution in [0.2, 0.25) is 0 Å². The maximum Gasteiger partial charge on any atom is 0.269 e. The molecule has 0 saturated carbocycles. The lowest BCUT2D eigenvalue weighted by atomic mass is 9.77. The van der Waals surface area contributed by atoms with E-state index in [9.17, 15) is 19.7 Å². The van der Waals surface area contributed by atoms with Gasteiger partial charge in [-0.15, -0.1) is 0 Å². The summed E-state index contributed by atoms with van der Waals surface area (Å²) < 4.78 is 5.51. The van der Waals surface area contributed by atoms with Gasteiger partial charge in [-0.2, -0.15) is 0 Å². The number of nitro groups is 1. The Morgan fingerprint density at radius 2 is 1.30 bits per heavy atom. The highest BCUT2D eigenvalue weighted by Gasteiger charge is 2.35. The second-order valence-electron chi connectivity index (χ2n) is 8.59. The first kappa shape index (κ1) is 23.7. The molecule has 5 rings (SSSR count). The number of ketones is 2. The number of nitrogens with zero attached hydrogens (tertiary/aromatic N) is 2. The van der Waals surface area contributed by atoms with Crippen LogP contribution in [0.4, 0.5) is 5.69 Å². The minimum atomic E-state index is -0.728. The number of hydrogen-bond acceptors (Lipinski definition) is 6. The van der Waals surface area contributed by atoms with Gasteiger partial charge in [0.1, 0.15) is 5.76 Å². The van der Waals surface area contributed by atoms with E-state index in [1.807, 2.05) is 18.2 Å². The van der Waals surface area contributed by atoms with E-state index in [-0.39, 0.29) is 17.3 Å². The molecule has 0 radical (unpaired) electrons. The summed E-state index contributed by atoms with van der Waals surface area (Å²) in [5, 5.41) is 11.3. The molecule has 0 fully saturated rings. The Balaban J connectivity index is 1.66. The number of carbonyl (C=O) groups is 2. The monoisotopic (exact) mass is 490 g/mol. The summed E-state index contributed by atoms with van der Waals surface area (Å²) in [6.07, 6.45) is 5.02. The van der Waals surface area contributed by atoms with Crippen LogP contribution in [0.1, 0.15) is 38.0 Å². The van der Waals surface area contributed by atoms with Crippen molar-refractivity contribution >= 4 is 17.3 Å². The number of furan rings is 1. The molecule has 4 aromatic rings. The Morgan fingerprint density at radius 1 is 0.757 bits per heavy atom. The summed E-state index contributed by atoms with van der Waals surface area (Å²) >= 11 is 0. The molecule has 1 aliphatic rings. The standard InChI is InChI=1S/C30H22N2O5/c33-29(22-8-3-1-4-9-22)26-19-31(18-25-12-7-17-37-25)20-27(30(34)23-10-5-2-6-11-23)28(26)21-13-15-24(16-14-21)32(35)36/h1-17,19-20,28H,18H2. The van der Waals surface area contributed by atoms with Crippen LogP contribution in [0.15, 0.2) is 131 Å². The number of allylic oxidation sites excluding steroid dienone is 2. The Labute approximate surface area is 213 Å². The quantitative estimate of drug-likeness (QED) is 0.163. The van der Waals surface area contributed by atoms with E-state index in [1.165, 1.54) is 12.1 Å². The van der Waals surface area contributed by atoms with Crippen LogP contribution < -0.4 is 0 Å². The Morgan fingerprint density at radius 3 is 1.76 bits per heavy atom. The number of nitro benzene ring substituents is 1. The SMILES string of the molecule is O=C(C1=CN(Cc2ccco2)C=C(C(=O)c2ccccc2)C1c1ccc([N+](=O)[O-])cc1)c1ccccc1. The van der Waals surface area contributed by atoms with E-state index in [4.69, 9.17) is 4.42 Å². The molecule has 2 heterocycles. The molecule has 0 amide bonds. The maximum absolute atomic E-state index is 13.8. The van der Waals surface area contributed by atoms with Crippen molar-refractivity contribution in [2.24, 2.45) is 0 Å². The summed E-state index contributed by atoms with van der Waals surface area (Å²) in [5.74, 6) is -0.534. The van der Waals surface area contributed by atoms with Gasteiger partial charge in [0, 0.05) is 52.7 Å². The van der Waals surface area contributed by atoms with Crippen LogP contribution in [0.25, 0.3) is 0 Å². The number of Topliss-reactive ketones (excluding diaryl/α,β-unsaturated/α-hetero) is 2. The normalized spacial score (nSPS) is 13.6. The Kier molecular flexibility index (Phi) is 6.59. The molecule has 0 atom stereocenters. The predicted molar refractivity (Wildman–Crippen MR) is 138 cm³/mol. The minimum absolute atomic E-state index is 0.0705. The average Bonchev–Trinajstić information content (AvgIpc) is 3.46. The Bertz CT molecular complexity index is 1420. The van der Waals surface area contributed by atoms with E-state index in [0.29, 0.717) is 40.1 Å². The minimum Gasteiger partial charge on any atom is -0.467 e. The molecular weight excluding hydrogens is 468 g/mol. The largest absolute Gasteiger partial charge is 0.467 e. The fraction of sp³-hybridized carbons (Fsp3) is 0.0667. The van der Waals surface area contributed by atoms with Crippen molar-refractivity contribution in [3.05, 3.63) is 159 Å². The van der Waals surface area contributed by atoms with Crippen molar-refractivity contribution in [3.8, 4) is 0 Å². The molecule has 3 aromatic carbocycles. The van der Waals surface area contributed by atoms with Gasteiger partial charge in [-0.25, -0.2) is 0 Å². The summed E-state index contributed by atoms with van der Waals surface area (Å²) in [5.41, 5.74) is 2.26. The van der Waals surface area contributed by atoms with Crippen LogP contribution in [-0.4, -0.2) is 21.4 Å². The third-order valence-electron chi connectivity index (χ3n) is 6.18. The zero-order chi connectivity index (χ0) is 25.8. The molecule has 7 heteroatoms. The van der Waals surface area contributed by atoms with Crippen molar-refractivity contribution in [2.75, 3.05) is 0 Å². The summed E-state index contributed by atoms with van der Waals surface area (Å²) in [6, 6.07) is 27.3. The van der Waals surface area contributed by atoms with Crippen molar-refractivity contribution in [2.45, 2.75) is 12.5 Å². The third kappa shape index (κ3) is 5.01. The number of benzene rings is 3. The molecule has 0 unspecified atom stereocenters. The first-order valence-corrected chi connectivity index (χ1v) is 11.7. The number of non-ortho nitro benzene ring substituents is 1. The third-order valence-corrected chi connectivity index (χ3v) is 6.18. The van der Waals surface area contributed by atoms with Crippen LogP contribution in [0, 0.1) is 10.1 Å². The highest BCUT2D eigenvalue weighted by molar-refractivity contribution is 6.15. The van der Waals surface area contributed by atoms with Gasteiger partial charge in [0.15, 0.2) is 11.6 Å². The van der Waals surface area contributed by atoms with E-state index < -0.39 is 10.8 Å². The van der Waals surface area contributed by atoms with Crippen LogP contribution in [-0.2, 0) is 6.54 Å². The predicted octanol–water partition coefficient (Wildman–Crippen LogP) is 6.32. The summed E-state index contributed by atoms with van der Waals surface area (Å²) in [6.45, 7) is 0.317. The molecule has 1 aliphatic heterocycles. The molecule has 182 valence electrons. The topological polar surface area (TPSA) is 93.7 Å². The van der Waals surface area contributed by atoms with Gasteiger partial charge >= 0.3 is 0 Å². The molecule has 0 bridgehead atoms. The smallest absolute Gasteiger partial charge is 0.269 e. The lowest BCUT2D eigenvalue weighted by molar-refractivity contribution is -0.384. The van der Waals surface area contributed by atoms with Gasteiger partial charge in [-0.1, -0.05) is 72.8 Å². The van der Waals surface area contributed by atoms with Crippen LogP contribution >= 0.6 is 0 Å². The van der Waals surface area contributed by atoms with Crippen molar-refractivity contribution in [1.29, 1.82) is 0 Å². The number of rotatable bonds is 8. The van der Waals surface area contributed by atoms with Gasteiger partial charge in [0.05, 0.1) is 17.7 Å². The van der Waals surface area contributed by atoms with E-state index in [0.717, 1.165) is 0 Å². The highest BCUT2D eigenvalue weighted by atomic mass is 16.6. The zero-order valence-electron chi connectivity index (χ0n) is 19.7. The van der Waals surface area contributed by atoms with Gasteiger partial charge in [0.2, 0.25) is 0 Å². The van der Waals surface area contributed by atoms with Gasteiger partial charge in [0.25, 0.3) is 5.69 Å². The van der Waals surface area contributed by atoms with Crippen LogP contribution in [0.5, 0.6) is 0 Å². The van der Waals surface area contributed by atoms with E-state index >= 15 is 0 Å². The van der Waals surface area contributed by atoms with Crippen LogP contribution in [0.3, 0.4) is 0 Å². The fourth-order valence-corrected chi connectivity index (χ4v) is 4.42. The highest BCUT2D eigenvalue weighted by Crippen LogP contribution is 2.40. The zero-order valence-corrected chi connectivity index (χ0v) is 19.7. The Hall–Kier alpha value is -5.04. The van der Waals surface area contributed by atoms with E-state index in [2.05, 4.69) is 0 Å². The fourth-order valence-electron chi connectivity index (χ4n) is 4.42. The number of hydrogen-bond donors (Lipinski definition) is 0. The average molecular weight is 491 g/mol. The molecule has 0 N–H and O–H groups in total. The molecule has 0 aliphatic carbocycles. The van der Waals surface area contributed by atoms with Crippen molar-refractivity contribution in [3.63, 3.8) is 0 Å². The molecule has 7 nitrogen and oxygen atoms in total. The van der Waals surface area contributed by atoms with E-state index in [1.54, 1.807) is 90.3 Å². The number of carbonyl (C=O) groups excluding carboxylic acids is 2. The van der Waals surface area contributed by atoms with Gasteiger partial charge in [-0.3, -0.25) is 19.7 Å². The molecule has 37 heavy (non-hydrogen) atoms. The van der Waals surface area contributed by atoms with Crippen molar-refractivity contribution < 1.29 is 18.9 Å². The molecule has 0 saturated heterocycles.